The van der Waals surface area contributed by atoms with Crippen molar-refractivity contribution in [2.75, 3.05) is 13.7 Å². The largest absolute Gasteiger partial charge is 0.493 e. The second-order valence-corrected chi connectivity index (χ2v) is 5.39. The van der Waals surface area contributed by atoms with Crippen LogP contribution >= 0.6 is 0 Å². The average Bonchev–Trinajstić information content (AvgIpc) is 2.80. The molecule has 1 aromatic carbocycles. The first-order chi connectivity index (χ1) is 11.5. The summed E-state index contributed by atoms with van der Waals surface area (Å²) in [7, 11) is 1.35. The van der Waals surface area contributed by atoms with Gasteiger partial charge in [0, 0.05) is 6.54 Å². The van der Waals surface area contributed by atoms with Crippen LogP contribution in [0.3, 0.4) is 0 Å². The van der Waals surface area contributed by atoms with E-state index in [1.165, 1.54) is 18.1 Å². The molecule has 0 aromatic heterocycles. The monoisotopic (exact) mass is 342 g/mol. The summed E-state index contributed by atoms with van der Waals surface area (Å²) in [6, 6.07) is 3.68. The predicted molar refractivity (Wildman–Crippen MR) is 82.3 cm³/mol. The van der Waals surface area contributed by atoms with Gasteiger partial charge < -0.3 is 14.8 Å². The molecule has 132 valence electrons. The van der Waals surface area contributed by atoms with Crippen LogP contribution in [0.25, 0.3) is 0 Å². The van der Waals surface area contributed by atoms with E-state index in [1.54, 1.807) is 12.1 Å². The first kappa shape index (κ1) is 18.0. The number of urea groups is 1. The molecule has 1 saturated heterocycles. The lowest BCUT2D eigenvalue weighted by molar-refractivity contribution is -0.127. The van der Waals surface area contributed by atoms with Crippen molar-refractivity contribution in [1.82, 2.24) is 10.2 Å². The molecule has 0 bridgehead atoms. The molecular formula is C16H20F2N2O4. The summed E-state index contributed by atoms with van der Waals surface area (Å²) in [5.74, 6) is -0.116. The normalized spacial score (nSPS) is 17.4. The molecule has 0 radical (unpaired) electrons. The van der Waals surface area contributed by atoms with Crippen molar-refractivity contribution in [1.29, 1.82) is 0 Å². The number of carbonyl (C=O) groups is 2. The van der Waals surface area contributed by atoms with Crippen LogP contribution in [0.5, 0.6) is 11.5 Å². The third-order valence-electron chi connectivity index (χ3n) is 3.75. The van der Waals surface area contributed by atoms with E-state index in [0.29, 0.717) is 12.8 Å². The van der Waals surface area contributed by atoms with Crippen molar-refractivity contribution in [2.24, 2.45) is 0 Å². The number of hydrogen-bond acceptors (Lipinski definition) is 4. The fourth-order valence-corrected chi connectivity index (χ4v) is 2.57. The molecule has 8 heteroatoms. The quantitative estimate of drug-likeness (QED) is 0.737. The van der Waals surface area contributed by atoms with Gasteiger partial charge in [0.15, 0.2) is 11.5 Å². The van der Waals surface area contributed by atoms with Crippen LogP contribution in [0.4, 0.5) is 13.6 Å². The van der Waals surface area contributed by atoms with Gasteiger partial charge in [0.25, 0.3) is 5.91 Å². The molecule has 6 nitrogen and oxygen atoms in total. The van der Waals surface area contributed by atoms with E-state index in [4.69, 9.17) is 4.74 Å². The Balaban J connectivity index is 2.01. The first-order valence-electron chi connectivity index (χ1n) is 7.69. The molecule has 1 fully saturated rings. The molecule has 1 N–H and O–H groups in total. The molecule has 1 aromatic rings. The fourth-order valence-electron chi connectivity index (χ4n) is 2.57. The Morgan fingerprint density at radius 1 is 1.29 bits per heavy atom. The van der Waals surface area contributed by atoms with Crippen LogP contribution < -0.4 is 14.8 Å². The highest BCUT2D eigenvalue weighted by molar-refractivity contribution is 6.04. The van der Waals surface area contributed by atoms with Crippen molar-refractivity contribution in [3.8, 4) is 11.5 Å². The third kappa shape index (κ3) is 4.12. The molecule has 1 aliphatic rings. The van der Waals surface area contributed by atoms with Crippen LogP contribution in [0, 0.1) is 0 Å². The molecule has 0 unspecified atom stereocenters. The van der Waals surface area contributed by atoms with Gasteiger partial charge in [-0.15, -0.1) is 0 Å². The van der Waals surface area contributed by atoms with Crippen LogP contribution in [0.1, 0.15) is 25.3 Å². The zero-order valence-corrected chi connectivity index (χ0v) is 13.6. The lowest BCUT2D eigenvalue weighted by Crippen LogP contribution is -2.33. The highest BCUT2D eigenvalue weighted by atomic mass is 19.3. The molecule has 3 amide bonds. The standard InChI is InChI=1S/C16H20F2N2O4/c1-3-4-11-14(21)20(16(22)19-11)8-7-10-5-6-12(24-15(17)18)13(9-10)23-2/h5-6,9,11,15H,3-4,7-8H2,1-2H3,(H,19,22)/t11-/m0/s1. The zero-order chi connectivity index (χ0) is 17.7. The lowest BCUT2D eigenvalue weighted by atomic mass is 10.1. The van der Waals surface area contributed by atoms with Gasteiger partial charge in [-0.05, 0) is 30.5 Å². The molecule has 24 heavy (non-hydrogen) atoms. The fraction of sp³-hybridized carbons (Fsp3) is 0.500. The number of nitrogens with zero attached hydrogens (tertiary/aromatic N) is 1. The number of nitrogens with one attached hydrogen (secondary N) is 1. The number of hydrogen-bond donors (Lipinski definition) is 1. The van der Waals surface area contributed by atoms with Crippen LogP contribution in [0.2, 0.25) is 0 Å². The predicted octanol–water partition coefficient (Wildman–Crippen LogP) is 2.56. The second-order valence-electron chi connectivity index (χ2n) is 5.39. The Morgan fingerprint density at radius 3 is 2.67 bits per heavy atom. The van der Waals surface area contributed by atoms with Gasteiger partial charge in [0.05, 0.1) is 7.11 Å². The maximum Gasteiger partial charge on any atom is 0.387 e. The summed E-state index contributed by atoms with van der Waals surface area (Å²) in [5, 5.41) is 2.65. The number of amides is 3. The topological polar surface area (TPSA) is 67.9 Å². The Morgan fingerprint density at radius 2 is 2.04 bits per heavy atom. The van der Waals surface area contributed by atoms with Crippen molar-refractivity contribution < 1.29 is 27.8 Å². The van der Waals surface area contributed by atoms with Gasteiger partial charge >= 0.3 is 12.6 Å². The molecule has 0 spiro atoms. The van der Waals surface area contributed by atoms with Gasteiger partial charge in [-0.25, -0.2) is 4.79 Å². The maximum absolute atomic E-state index is 12.3. The van der Waals surface area contributed by atoms with Gasteiger partial charge in [-0.3, -0.25) is 9.69 Å². The summed E-state index contributed by atoms with van der Waals surface area (Å²) in [6.07, 6.45) is 1.80. The van der Waals surface area contributed by atoms with Crippen molar-refractivity contribution in [2.45, 2.75) is 38.8 Å². The highest BCUT2D eigenvalue weighted by Gasteiger charge is 2.36. The number of halogens is 2. The summed E-state index contributed by atoms with van der Waals surface area (Å²) >= 11 is 0. The summed E-state index contributed by atoms with van der Waals surface area (Å²) in [6.45, 7) is -0.785. The molecule has 1 heterocycles. The average molecular weight is 342 g/mol. The minimum absolute atomic E-state index is 0.0609. The Bertz CT molecular complexity index is 610. The highest BCUT2D eigenvalue weighted by Crippen LogP contribution is 2.29. The van der Waals surface area contributed by atoms with Crippen LogP contribution in [0.15, 0.2) is 18.2 Å². The minimum atomic E-state index is -2.94. The Hall–Kier alpha value is -2.38. The number of imide groups is 1. The molecule has 1 aliphatic heterocycles. The van der Waals surface area contributed by atoms with Gasteiger partial charge in [-0.1, -0.05) is 19.4 Å². The number of carbonyl (C=O) groups excluding carboxylic acids is 2. The van der Waals surface area contributed by atoms with E-state index in [9.17, 15) is 18.4 Å². The van der Waals surface area contributed by atoms with E-state index in [2.05, 4.69) is 10.1 Å². The van der Waals surface area contributed by atoms with Crippen LogP contribution in [-0.4, -0.2) is 43.1 Å². The smallest absolute Gasteiger partial charge is 0.387 e. The van der Waals surface area contributed by atoms with Crippen molar-refractivity contribution in [3.05, 3.63) is 23.8 Å². The molecule has 2 rings (SSSR count). The molecule has 1 atom stereocenters. The zero-order valence-electron chi connectivity index (χ0n) is 13.6. The molecule has 0 saturated carbocycles. The van der Waals surface area contributed by atoms with Crippen molar-refractivity contribution >= 4 is 11.9 Å². The summed E-state index contributed by atoms with van der Waals surface area (Å²) in [5.41, 5.74) is 0.744. The molecule has 0 aliphatic carbocycles. The first-order valence-corrected chi connectivity index (χ1v) is 7.69. The van der Waals surface area contributed by atoms with E-state index in [0.717, 1.165) is 12.0 Å². The summed E-state index contributed by atoms with van der Waals surface area (Å²) < 4.78 is 34.0. The Kier molecular flexibility index (Phi) is 5.94. The number of rotatable bonds is 8. The SMILES string of the molecule is CCC[C@@H]1NC(=O)N(CCc2ccc(OC(F)F)c(OC)c2)C1=O. The van der Waals surface area contributed by atoms with E-state index in [-0.39, 0.29) is 24.0 Å². The maximum atomic E-state index is 12.3. The van der Waals surface area contributed by atoms with Crippen LogP contribution in [-0.2, 0) is 11.2 Å². The Labute approximate surface area is 138 Å². The van der Waals surface area contributed by atoms with Gasteiger partial charge in [0.2, 0.25) is 0 Å². The van der Waals surface area contributed by atoms with E-state index < -0.39 is 18.7 Å². The number of alkyl halides is 2. The molecular weight excluding hydrogens is 322 g/mol. The lowest BCUT2D eigenvalue weighted by Gasteiger charge is -2.14. The van der Waals surface area contributed by atoms with Gasteiger partial charge in [0.1, 0.15) is 6.04 Å². The minimum Gasteiger partial charge on any atom is -0.493 e. The number of methoxy groups -OCH3 is 1. The second kappa shape index (κ2) is 7.94. The van der Waals surface area contributed by atoms with Crippen molar-refractivity contribution in [3.63, 3.8) is 0 Å². The number of ether oxygens (including phenoxy) is 2. The van der Waals surface area contributed by atoms with E-state index >= 15 is 0 Å². The van der Waals surface area contributed by atoms with Gasteiger partial charge in [-0.2, -0.15) is 8.78 Å². The summed E-state index contributed by atoms with van der Waals surface area (Å²) in [4.78, 5) is 25.2. The van der Waals surface area contributed by atoms with E-state index in [1.807, 2.05) is 6.92 Å². The number of benzene rings is 1. The third-order valence-corrected chi connectivity index (χ3v) is 3.75.